The van der Waals surface area contributed by atoms with Gasteiger partial charge in [-0.1, -0.05) is 6.92 Å². The molecule has 19 heavy (non-hydrogen) atoms. The van der Waals surface area contributed by atoms with Crippen LogP contribution in [-0.4, -0.2) is 58.1 Å². The van der Waals surface area contributed by atoms with Crippen molar-refractivity contribution in [1.29, 1.82) is 0 Å². The summed E-state index contributed by atoms with van der Waals surface area (Å²) in [7, 11) is 1.67. The SMILES string of the molecule is CCNC(C)(CCOCCOCCCOC)C(N)=O. The van der Waals surface area contributed by atoms with Gasteiger partial charge in [0, 0.05) is 26.9 Å². The van der Waals surface area contributed by atoms with Crippen LogP contribution in [0.1, 0.15) is 26.7 Å². The summed E-state index contributed by atoms with van der Waals surface area (Å²) < 4.78 is 15.7. The second-order valence-corrected chi connectivity index (χ2v) is 4.55. The van der Waals surface area contributed by atoms with Crippen molar-refractivity contribution in [3.05, 3.63) is 0 Å². The van der Waals surface area contributed by atoms with Gasteiger partial charge >= 0.3 is 0 Å². The zero-order valence-electron chi connectivity index (χ0n) is 12.4. The van der Waals surface area contributed by atoms with Gasteiger partial charge in [-0.3, -0.25) is 4.79 Å². The lowest BCUT2D eigenvalue weighted by Crippen LogP contribution is -2.53. The van der Waals surface area contributed by atoms with Crippen LogP contribution in [0.25, 0.3) is 0 Å². The lowest BCUT2D eigenvalue weighted by atomic mass is 9.97. The second kappa shape index (κ2) is 11.2. The van der Waals surface area contributed by atoms with Crippen LogP contribution in [0.2, 0.25) is 0 Å². The maximum absolute atomic E-state index is 11.3. The number of amides is 1. The zero-order valence-corrected chi connectivity index (χ0v) is 12.4. The van der Waals surface area contributed by atoms with Crippen molar-refractivity contribution in [3.8, 4) is 0 Å². The van der Waals surface area contributed by atoms with Gasteiger partial charge in [-0.2, -0.15) is 0 Å². The number of methoxy groups -OCH3 is 1. The van der Waals surface area contributed by atoms with E-state index in [1.807, 2.05) is 6.92 Å². The normalized spacial score (nSPS) is 14.3. The Kier molecular flexibility index (Phi) is 10.8. The van der Waals surface area contributed by atoms with Crippen LogP contribution in [-0.2, 0) is 19.0 Å². The number of likely N-dealkylation sites (N-methyl/N-ethyl adjacent to an activating group) is 1. The minimum absolute atomic E-state index is 0.353. The van der Waals surface area contributed by atoms with Crippen molar-refractivity contribution in [2.24, 2.45) is 5.73 Å². The number of hydrogen-bond acceptors (Lipinski definition) is 5. The largest absolute Gasteiger partial charge is 0.385 e. The van der Waals surface area contributed by atoms with E-state index >= 15 is 0 Å². The fourth-order valence-electron chi connectivity index (χ4n) is 1.59. The molecule has 0 spiro atoms. The first kappa shape index (κ1) is 18.3. The maximum Gasteiger partial charge on any atom is 0.237 e. The standard InChI is InChI=1S/C13H28N2O4/c1-4-15-13(2,12(14)16)6-9-19-11-10-18-8-5-7-17-3/h15H,4-11H2,1-3H3,(H2,14,16). The number of hydrogen-bond donors (Lipinski definition) is 2. The van der Waals surface area contributed by atoms with Gasteiger partial charge in [0.1, 0.15) is 0 Å². The summed E-state index contributed by atoms with van der Waals surface area (Å²) >= 11 is 0. The van der Waals surface area contributed by atoms with E-state index in [9.17, 15) is 4.79 Å². The first-order valence-electron chi connectivity index (χ1n) is 6.76. The van der Waals surface area contributed by atoms with Crippen molar-refractivity contribution < 1.29 is 19.0 Å². The van der Waals surface area contributed by atoms with Crippen molar-refractivity contribution in [2.75, 3.05) is 46.7 Å². The summed E-state index contributed by atoms with van der Waals surface area (Å²) in [6.45, 7) is 7.37. The van der Waals surface area contributed by atoms with Crippen LogP contribution in [0, 0.1) is 0 Å². The summed E-state index contributed by atoms with van der Waals surface area (Å²) in [4.78, 5) is 11.3. The first-order valence-corrected chi connectivity index (χ1v) is 6.76. The predicted molar refractivity (Wildman–Crippen MR) is 74.0 cm³/mol. The molecule has 0 aliphatic carbocycles. The number of carbonyl (C=O) groups excluding carboxylic acids is 1. The lowest BCUT2D eigenvalue weighted by Gasteiger charge is -2.26. The number of nitrogens with two attached hydrogens (primary N) is 1. The Morgan fingerprint density at radius 3 is 2.32 bits per heavy atom. The lowest BCUT2D eigenvalue weighted by molar-refractivity contribution is -0.124. The van der Waals surface area contributed by atoms with E-state index in [0.717, 1.165) is 6.42 Å². The van der Waals surface area contributed by atoms with Crippen LogP contribution in [0.3, 0.4) is 0 Å². The quantitative estimate of drug-likeness (QED) is 0.473. The zero-order chi connectivity index (χ0) is 14.6. The molecule has 0 aliphatic heterocycles. The molecule has 1 amide bonds. The molecule has 114 valence electrons. The van der Waals surface area contributed by atoms with Crippen molar-refractivity contribution in [1.82, 2.24) is 5.32 Å². The van der Waals surface area contributed by atoms with Crippen LogP contribution in [0.4, 0.5) is 0 Å². The summed E-state index contributed by atoms with van der Waals surface area (Å²) in [5, 5.41) is 3.08. The summed E-state index contributed by atoms with van der Waals surface area (Å²) in [5.74, 6) is -0.353. The third-order valence-electron chi connectivity index (χ3n) is 2.87. The Labute approximate surface area is 116 Å². The average molecular weight is 276 g/mol. The Bertz CT molecular complexity index is 239. The predicted octanol–water partition coefficient (Wildman–Crippen LogP) is 0.300. The molecule has 0 saturated heterocycles. The minimum Gasteiger partial charge on any atom is -0.385 e. The summed E-state index contributed by atoms with van der Waals surface area (Å²) in [6.07, 6.45) is 1.44. The van der Waals surface area contributed by atoms with Crippen LogP contribution < -0.4 is 11.1 Å². The van der Waals surface area contributed by atoms with Crippen molar-refractivity contribution in [3.63, 3.8) is 0 Å². The minimum atomic E-state index is -0.700. The van der Waals surface area contributed by atoms with Gasteiger partial charge in [0.25, 0.3) is 0 Å². The molecule has 6 heteroatoms. The van der Waals surface area contributed by atoms with E-state index in [1.165, 1.54) is 0 Å². The van der Waals surface area contributed by atoms with Crippen LogP contribution in [0.15, 0.2) is 0 Å². The number of primary amides is 1. The van der Waals surface area contributed by atoms with Gasteiger partial charge in [0.15, 0.2) is 0 Å². The summed E-state index contributed by atoms with van der Waals surface area (Å²) in [5.41, 5.74) is 4.67. The van der Waals surface area contributed by atoms with Gasteiger partial charge in [-0.15, -0.1) is 0 Å². The molecule has 3 N–H and O–H groups in total. The molecule has 0 bridgehead atoms. The van der Waals surface area contributed by atoms with Crippen LogP contribution >= 0.6 is 0 Å². The van der Waals surface area contributed by atoms with E-state index in [-0.39, 0.29) is 5.91 Å². The molecule has 0 rings (SSSR count). The van der Waals surface area contributed by atoms with E-state index in [4.69, 9.17) is 19.9 Å². The Balaban J connectivity index is 3.53. The van der Waals surface area contributed by atoms with E-state index in [2.05, 4.69) is 5.32 Å². The highest BCUT2D eigenvalue weighted by Crippen LogP contribution is 2.08. The smallest absolute Gasteiger partial charge is 0.237 e. The number of carbonyl (C=O) groups is 1. The fourth-order valence-corrected chi connectivity index (χ4v) is 1.59. The van der Waals surface area contributed by atoms with Crippen LogP contribution in [0.5, 0.6) is 0 Å². The Hall–Kier alpha value is -0.690. The van der Waals surface area contributed by atoms with E-state index in [1.54, 1.807) is 14.0 Å². The third-order valence-corrected chi connectivity index (χ3v) is 2.87. The molecule has 1 atom stereocenters. The molecule has 0 aromatic carbocycles. The molecule has 0 aliphatic rings. The average Bonchev–Trinajstić information content (AvgIpc) is 2.37. The number of rotatable bonds is 13. The molecular formula is C13H28N2O4. The highest BCUT2D eigenvalue weighted by Gasteiger charge is 2.29. The van der Waals surface area contributed by atoms with Crippen molar-refractivity contribution in [2.45, 2.75) is 32.2 Å². The number of ether oxygens (including phenoxy) is 3. The van der Waals surface area contributed by atoms with E-state index < -0.39 is 5.54 Å². The molecule has 0 aromatic rings. The highest BCUT2D eigenvalue weighted by atomic mass is 16.5. The van der Waals surface area contributed by atoms with Gasteiger partial charge < -0.3 is 25.3 Å². The van der Waals surface area contributed by atoms with Crippen molar-refractivity contribution >= 4 is 5.91 Å². The summed E-state index contributed by atoms with van der Waals surface area (Å²) in [6, 6.07) is 0. The molecule has 0 fully saturated rings. The van der Waals surface area contributed by atoms with Gasteiger partial charge in [0.05, 0.1) is 18.8 Å². The van der Waals surface area contributed by atoms with Gasteiger partial charge in [0.2, 0.25) is 5.91 Å². The molecular weight excluding hydrogens is 248 g/mol. The van der Waals surface area contributed by atoms with Gasteiger partial charge in [-0.25, -0.2) is 0 Å². The molecule has 0 aromatic heterocycles. The maximum atomic E-state index is 11.3. The Morgan fingerprint density at radius 1 is 1.16 bits per heavy atom. The molecule has 0 saturated carbocycles. The molecule has 6 nitrogen and oxygen atoms in total. The molecule has 1 unspecified atom stereocenters. The first-order chi connectivity index (χ1) is 9.06. The Morgan fingerprint density at radius 2 is 1.79 bits per heavy atom. The molecule has 0 radical (unpaired) electrons. The highest BCUT2D eigenvalue weighted by molar-refractivity contribution is 5.84. The monoisotopic (exact) mass is 276 g/mol. The number of nitrogens with one attached hydrogen (secondary N) is 1. The fraction of sp³-hybridized carbons (Fsp3) is 0.923. The third kappa shape index (κ3) is 8.93. The molecule has 0 heterocycles. The van der Waals surface area contributed by atoms with Gasteiger partial charge in [-0.05, 0) is 26.3 Å². The van der Waals surface area contributed by atoms with E-state index in [0.29, 0.717) is 46.0 Å². The second-order valence-electron chi connectivity index (χ2n) is 4.55. The topological polar surface area (TPSA) is 82.8 Å².